The molecule has 0 atom stereocenters. The van der Waals surface area contributed by atoms with Gasteiger partial charge in [-0.25, -0.2) is 13.1 Å². The third-order valence-corrected chi connectivity index (χ3v) is 3.75. The lowest BCUT2D eigenvalue weighted by atomic mass is 10.1. The fourth-order valence-corrected chi connectivity index (χ4v) is 2.06. The Morgan fingerprint density at radius 1 is 1.20 bits per heavy atom. The van der Waals surface area contributed by atoms with E-state index >= 15 is 0 Å². The predicted octanol–water partition coefficient (Wildman–Crippen LogP) is 1.94. The van der Waals surface area contributed by atoms with Crippen LogP contribution < -0.4 is 4.72 Å². The molecule has 0 aliphatic rings. The summed E-state index contributed by atoms with van der Waals surface area (Å²) in [5.74, 6) is 0. The van der Waals surface area contributed by atoms with Crippen molar-refractivity contribution in [2.24, 2.45) is 0 Å². The Kier molecular flexibility index (Phi) is 4.29. The zero-order chi connectivity index (χ0) is 11.3. The second-order valence-electron chi connectivity index (χ2n) is 3.46. The molecule has 0 bridgehead atoms. The number of hydrogen-bond acceptors (Lipinski definition) is 2. The van der Waals surface area contributed by atoms with Gasteiger partial charge in [-0.3, -0.25) is 0 Å². The highest BCUT2D eigenvalue weighted by atomic mass is 32.2. The summed E-state index contributed by atoms with van der Waals surface area (Å²) in [6.07, 6.45) is 3.30. The quantitative estimate of drug-likeness (QED) is 0.835. The monoisotopic (exact) mass is 227 g/mol. The summed E-state index contributed by atoms with van der Waals surface area (Å²) in [5, 5.41) is 0. The van der Waals surface area contributed by atoms with Crippen LogP contribution >= 0.6 is 0 Å². The molecule has 0 saturated heterocycles. The lowest BCUT2D eigenvalue weighted by Gasteiger charge is -2.04. The first-order chi connectivity index (χ1) is 7.10. The summed E-state index contributed by atoms with van der Waals surface area (Å²) in [5.41, 5.74) is 1.19. The maximum absolute atomic E-state index is 11.4. The summed E-state index contributed by atoms with van der Waals surface area (Å²) in [6, 6.07) is 7.05. The van der Waals surface area contributed by atoms with Crippen LogP contribution in [0.25, 0.3) is 0 Å². The van der Waals surface area contributed by atoms with E-state index in [0.717, 1.165) is 19.3 Å². The Bertz CT molecular complexity index is 395. The van der Waals surface area contributed by atoms with E-state index in [1.165, 1.54) is 12.6 Å². The number of benzene rings is 1. The summed E-state index contributed by atoms with van der Waals surface area (Å²) >= 11 is 0. The topological polar surface area (TPSA) is 46.2 Å². The number of sulfonamides is 1. The fraction of sp³-hybridized carbons (Fsp3) is 0.455. The molecule has 0 spiro atoms. The van der Waals surface area contributed by atoms with Gasteiger partial charge in [0.05, 0.1) is 4.90 Å². The summed E-state index contributed by atoms with van der Waals surface area (Å²) in [7, 11) is -1.87. The van der Waals surface area contributed by atoms with Gasteiger partial charge in [0.2, 0.25) is 10.0 Å². The fourth-order valence-electron chi connectivity index (χ4n) is 1.33. The number of unbranched alkanes of at least 4 members (excludes halogenated alkanes) is 1. The molecule has 84 valence electrons. The molecule has 1 rings (SSSR count). The highest BCUT2D eigenvalue weighted by Gasteiger charge is 2.09. The molecule has 0 radical (unpaired) electrons. The molecule has 3 nitrogen and oxygen atoms in total. The van der Waals surface area contributed by atoms with Gasteiger partial charge in [0, 0.05) is 0 Å². The van der Waals surface area contributed by atoms with E-state index in [-0.39, 0.29) is 0 Å². The first-order valence-electron chi connectivity index (χ1n) is 5.12. The van der Waals surface area contributed by atoms with Gasteiger partial charge in [-0.1, -0.05) is 25.5 Å². The SMILES string of the molecule is CCCCc1ccc(S(=O)(=O)NC)cc1. The van der Waals surface area contributed by atoms with Gasteiger partial charge in [0.15, 0.2) is 0 Å². The molecule has 0 fully saturated rings. The molecule has 1 aromatic carbocycles. The van der Waals surface area contributed by atoms with E-state index in [4.69, 9.17) is 0 Å². The Morgan fingerprint density at radius 2 is 1.80 bits per heavy atom. The minimum absolute atomic E-state index is 0.324. The first kappa shape index (κ1) is 12.2. The molecular weight excluding hydrogens is 210 g/mol. The Balaban J connectivity index is 2.81. The number of aryl methyl sites for hydroxylation is 1. The van der Waals surface area contributed by atoms with Crippen LogP contribution in [0.4, 0.5) is 0 Å². The van der Waals surface area contributed by atoms with Gasteiger partial charge >= 0.3 is 0 Å². The molecule has 0 unspecified atom stereocenters. The molecule has 4 heteroatoms. The number of nitrogens with one attached hydrogen (secondary N) is 1. The summed E-state index contributed by atoms with van der Waals surface area (Å²) in [4.78, 5) is 0.324. The van der Waals surface area contributed by atoms with Crippen molar-refractivity contribution in [2.75, 3.05) is 7.05 Å². The van der Waals surface area contributed by atoms with Crippen LogP contribution in [0.1, 0.15) is 25.3 Å². The normalized spacial score (nSPS) is 11.6. The Hall–Kier alpha value is -0.870. The van der Waals surface area contributed by atoms with Crippen molar-refractivity contribution in [2.45, 2.75) is 31.1 Å². The smallest absolute Gasteiger partial charge is 0.214 e. The van der Waals surface area contributed by atoms with E-state index in [0.29, 0.717) is 4.90 Å². The van der Waals surface area contributed by atoms with Crippen LogP contribution in [-0.4, -0.2) is 15.5 Å². The van der Waals surface area contributed by atoms with Gasteiger partial charge < -0.3 is 0 Å². The van der Waals surface area contributed by atoms with Crippen molar-refractivity contribution >= 4 is 10.0 Å². The third kappa shape index (κ3) is 3.32. The van der Waals surface area contributed by atoms with Crippen LogP contribution in [0.15, 0.2) is 29.2 Å². The average Bonchev–Trinajstić information content (AvgIpc) is 2.27. The third-order valence-electron chi connectivity index (χ3n) is 2.32. The van der Waals surface area contributed by atoms with Crippen LogP contribution in [0.5, 0.6) is 0 Å². The predicted molar refractivity (Wildman–Crippen MR) is 61.3 cm³/mol. The van der Waals surface area contributed by atoms with Gasteiger partial charge in [-0.2, -0.15) is 0 Å². The minimum Gasteiger partial charge on any atom is -0.214 e. The first-order valence-corrected chi connectivity index (χ1v) is 6.61. The highest BCUT2D eigenvalue weighted by molar-refractivity contribution is 7.89. The molecule has 0 aromatic heterocycles. The van der Waals surface area contributed by atoms with E-state index in [2.05, 4.69) is 11.6 Å². The maximum atomic E-state index is 11.4. The van der Waals surface area contributed by atoms with E-state index < -0.39 is 10.0 Å². The standard InChI is InChI=1S/C11H17NO2S/c1-3-4-5-10-6-8-11(9-7-10)15(13,14)12-2/h6-9,12H,3-5H2,1-2H3. The van der Waals surface area contributed by atoms with E-state index in [9.17, 15) is 8.42 Å². The molecule has 1 aromatic rings. The lowest BCUT2D eigenvalue weighted by molar-refractivity contribution is 0.588. The Morgan fingerprint density at radius 3 is 2.27 bits per heavy atom. The number of hydrogen-bond donors (Lipinski definition) is 1. The van der Waals surface area contributed by atoms with E-state index in [1.807, 2.05) is 12.1 Å². The van der Waals surface area contributed by atoms with Crippen molar-refractivity contribution in [1.29, 1.82) is 0 Å². The van der Waals surface area contributed by atoms with Crippen LogP contribution in [0.3, 0.4) is 0 Å². The zero-order valence-electron chi connectivity index (χ0n) is 9.16. The molecule has 0 aliphatic carbocycles. The second-order valence-corrected chi connectivity index (χ2v) is 5.34. The van der Waals surface area contributed by atoms with Gasteiger partial charge in [0.25, 0.3) is 0 Å². The van der Waals surface area contributed by atoms with Crippen molar-refractivity contribution in [3.8, 4) is 0 Å². The van der Waals surface area contributed by atoms with Crippen LogP contribution in [0.2, 0.25) is 0 Å². The molecule has 0 heterocycles. The lowest BCUT2D eigenvalue weighted by Crippen LogP contribution is -2.18. The highest BCUT2D eigenvalue weighted by Crippen LogP contribution is 2.11. The number of rotatable bonds is 5. The van der Waals surface area contributed by atoms with Crippen LogP contribution in [0, 0.1) is 0 Å². The van der Waals surface area contributed by atoms with Crippen LogP contribution in [-0.2, 0) is 16.4 Å². The summed E-state index contributed by atoms with van der Waals surface area (Å²) in [6.45, 7) is 2.14. The molecule has 1 N–H and O–H groups in total. The van der Waals surface area contributed by atoms with Gasteiger partial charge in [-0.15, -0.1) is 0 Å². The van der Waals surface area contributed by atoms with Gasteiger partial charge in [-0.05, 0) is 37.6 Å². The van der Waals surface area contributed by atoms with E-state index in [1.54, 1.807) is 12.1 Å². The molecular formula is C11H17NO2S. The van der Waals surface area contributed by atoms with Crippen molar-refractivity contribution in [3.05, 3.63) is 29.8 Å². The van der Waals surface area contributed by atoms with Gasteiger partial charge in [0.1, 0.15) is 0 Å². The minimum atomic E-state index is -3.29. The zero-order valence-corrected chi connectivity index (χ0v) is 9.97. The summed E-state index contributed by atoms with van der Waals surface area (Å²) < 4.78 is 25.1. The van der Waals surface area contributed by atoms with Crippen molar-refractivity contribution < 1.29 is 8.42 Å². The molecule has 0 saturated carbocycles. The Labute approximate surface area is 91.6 Å². The molecule has 0 aliphatic heterocycles. The second kappa shape index (κ2) is 5.28. The average molecular weight is 227 g/mol. The largest absolute Gasteiger partial charge is 0.240 e. The van der Waals surface area contributed by atoms with Crippen molar-refractivity contribution in [3.63, 3.8) is 0 Å². The molecule has 0 amide bonds. The molecule has 15 heavy (non-hydrogen) atoms. The maximum Gasteiger partial charge on any atom is 0.240 e. The van der Waals surface area contributed by atoms with Crippen molar-refractivity contribution in [1.82, 2.24) is 4.72 Å².